The number of rotatable bonds is 3. The number of benzene rings is 2. The molecule has 1 atom stereocenters. The summed E-state index contributed by atoms with van der Waals surface area (Å²) in [7, 11) is 1.62. The van der Waals surface area contributed by atoms with Gasteiger partial charge in [0.05, 0.1) is 13.2 Å². The first kappa shape index (κ1) is 17.1. The summed E-state index contributed by atoms with van der Waals surface area (Å²) in [5, 5.41) is 2.80. The van der Waals surface area contributed by atoms with Crippen molar-refractivity contribution in [3.05, 3.63) is 86.6 Å². The number of carbonyl (C=O) groups is 1. The van der Waals surface area contributed by atoms with Crippen molar-refractivity contribution in [2.24, 2.45) is 0 Å². The van der Waals surface area contributed by atoms with Crippen LogP contribution in [0.15, 0.2) is 60.0 Å². The lowest BCUT2D eigenvalue weighted by atomic mass is 9.92. The zero-order valence-corrected chi connectivity index (χ0v) is 15.9. The van der Waals surface area contributed by atoms with Crippen LogP contribution in [-0.4, -0.2) is 24.5 Å². The quantitative estimate of drug-likeness (QED) is 0.622. The summed E-state index contributed by atoms with van der Waals surface area (Å²) in [6.45, 7) is 0.700. The first-order valence-electron chi connectivity index (χ1n) is 8.44. The largest absolute Gasteiger partial charge is 0.497 e. The molecule has 1 aliphatic heterocycles. The molecule has 0 fully saturated rings. The van der Waals surface area contributed by atoms with E-state index >= 15 is 0 Å². The Bertz CT molecular complexity index is 918. The number of nitrogens with zero attached hydrogens (tertiary/aromatic N) is 1. The van der Waals surface area contributed by atoms with Gasteiger partial charge in [0.25, 0.3) is 5.91 Å². The van der Waals surface area contributed by atoms with Gasteiger partial charge in [-0.25, -0.2) is 0 Å². The number of halogens is 1. The van der Waals surface area contributed by atoms with Crippen LogP contribution in [-0.2, 0) is 6.42 Å². The molecule has 0 N–H and O–H groups in total. The van der Waals surface area contributed by atoms with Crippen molar-refractivity contribution in [2.45, 2.75) is 12.5 Å². The van der Waals surface area contributed by atoms with Crippen LogP contribution < -0.4 is 4.74 Å². The molecule has 2 aromatic carbocycles. The summed E-state index contributed by atoms with van der Waals surface area (Å²) in [6, 6.07) is 17.1. The van der Waals surface area contributed by atoms with E-state index < -0.39 is 0 Å². The summed E-state index contributed by atoms with van der Waals surface area (Å²) in [5.41, 5.74) is 2.96. The molecule has 1 aromatic heterocycles. The maximum atomic E-state index is 13.2. The first-order chi connectivity index (χ1) is 12.7. The van der Waals surface area contributed by atoms with E-state index in [9.17, 15) is 4.79 Å². The Morgan fingerprint density at radius 1 is 1.12 bits per heavy atom. The molecule has 0 spiro atoms. The van der Waals surface area contributed by atoms with E-state index in [1.807, 2.05) is 53.4 Å². The summed E-state index contributed by atoms with van der Waals surface area (Å²) in [5.74, 6) is 0.777. The number of carbonyl (C=O) groups excluding carboxylic acids is 1. The molecule has 5 heteroatoms. The molecule has 0 saturated carbocycles. The molecule has 1 amide bonds. The fraction of sp³-hybridized carbons (Fsp3) is 0.190. The third-order valence-corrected chi connectivity index (χ3v) is 6.00. The molecule has 26 heavy (non-hydrogen) atoms. The van der Waals surface area contributed by atoms with Crippen LogP contribution in [0.4, 0.5) is 0 Å². The van der Waals surface area contributed by atoms with Crippen LogP contribution in [0.1, 0.15) is 32.4 Å². The normalized spacial score (nSPS) is 16.2. The Hall–Kier alpha value is -2.30. The number of hydrogen-bond acceptors (Lipinski definition) is 3. The van der Waals surface area contributed by atoms with E-state index in [1.54, 1.807) is 18.4 Å². The lowest BCUT2D eigenvalue weighted by Gasteiger charge is -2.36. The number of fused-ring (bicyclic) bond motifs is 1. The van der Waals surface area contributed by atoms with E-state index in [0.29, 0.717) is 17.1 Å². The van der Waals surface area contributed by atoms with Crippen LogP contribution >= 0.6 is 22.9 Å². The van der Waals surface area contributed by atoms with Gasteiger partial charge in [-0.3, -0.25) is 4.79 Å². The fourth-order valence-corrected chi connectivity index (χ4v) is 4.47. The summed E-state index contributed by atoms with van der Waals surface area (Å²) in [4.78, 5) is 16.6. The SMILES string of the molecule is COc1ccc(C(=O)N2CCc3sccc3C2c2ccc(Cl)cc2)cc1. The van der Waals surface area contributed by atoms with Crippen LogP contribution in [0, 0.1) is 0 Å². The van der Waals surface area contributed by atoms with E-state index in [-0.39, 0.29) is 11.9 Å². The van der Waals surface area contributed by atoms with Gasteiger partial charge in [-0.1, -0.05) is 23.7 Å². The van der Waals surface area contributed by atoms with Crippen molar-refractivity contribution >= 4 is 28.8 Å². The topological polar surface area (TPSA) is 29.5 Å². The van der Waals surface area contributed by atoms with Crippen LogP contribution in [0.25, 0.3) is 0 Å². The molecule has 0 aliphatic carbocycles. The van der Waals surface area contributed by atoms with E-state index in [0.717, 1.165) is 17.7 Å². The molecule has 132 valence electrons. The Labute approximate surface area is 161 Å². The van der Waals surface area contributed by atoms with Gasteiger partial charge in [0.1, 0.15) is 5.75 Å². The number of hydrogen-bond donors (Lipinski definition) is 0. The Morgan fingerprint density at radius 2 is 1.85 bits per heavy atom. The highest BCUT2D eigenvalue weighted by Crippen LogP contribution is 2.38. The van der Waals surface area contributed by atoms with Gasteiger partial charge in [-0.15, -0.1) is 11.3 Å². The van der Waals surface area contributed by atoms with Crippen molar-refractivity contribution in [3.63, 3.8) is 0 Å². The molecular formula is C21H18ClNO2S. The lowest BCUT2D eigenvalue weighted by Crippen LogP contribution is -2.40. The second-order valence-corrected chi connectivity index (χ2v) is 7.67. The Morgan fingerprint density at radius 3 is 2.54 bits per heavy atom. The van der Waals surface area contributed by atoms with Gasteiger partial charge in [0, 0.05) is 22.0 Å². The van der Waals surface area contributed by atoms with Crippen molar-refractivity contribution in [3.8, 4) is 5.75 Å². The van der Waals surface area contributed by atoms with Gasteiger partial charge >= 0.3 is 0 Å². The molecule has 2 heterocycles. The predicted molar refractivity (Wildman–Crippen MR) is 105 cm³/mol. The molecule has 3 aromatic rings. The van der Waals surface area contributed by atoms with Crippen LogP contribution in [0.3, 0.4) is 0 Å². The Kier molecular flexibility index (Phi) is 4.70. The highest BCUT2D eigenvalue weighted by molar-refractivity contribution is 7.10. The monoisotopic (exact) mass is 383 g/mol. The molecule has 0 bridgehead atoms. The first-order valence-corrected chi connectivity index (χ1v) is 9.70. The summed E-state index contributed by atoms with van der Waals surface area (Å²) in [6.07, 6.45) is 0.888. The molecule has 0 saturated heterocycles. The van der Waals surface area contributed by atoms with Gasteiger partial charge in [0.15, 0.2) is 0 Å². The number of methoxy groups -OCH3 is 1. The minimum Gasteiger partial charge on any atom is -0.497 e. The van der Waals surface area contributed by atoms with Crippen molar-refractivity contribution in [1.29, 1.82) is 0 Å². The zero-order valence-electron chi connectivity index (χ0n) is 14.3. The zero-order chi connectivity index (χ0) is 18.1. The van der Waals surface area contributed by atoms with E-state index in [4.69, 9.17) is 16.3 Å². The van der Waals surface area contributed by atoms with Crippen molar-refractivity contribution < 1.29 is 9.53 Å². The van der Waals surface area contributed by atoms with Crippen molar-refractivity contribution in [1.82, 2.24) is 4.90 Å². The predicted octanol–water partition coefficient (Wildman–Crippen LogP) is 5.20. The molecule has 3 nitrogen and oxygen atoms in total. The highest BCUT2D eigenvalue weighted by Gasteiger charge is 2.33. The molecular weight excluding hydrogens is 366 g/mol. The highest BCUT2D eigenvalue weighted by atomic mass is 35.5. The standard InChI is InChI=1S/C21H18ClNO2S/c1-25-17-8-4-15(5-9-17)21(24)23-12-10-19-18(11-13-26-19)20(23)14-2-6-16(22)7-3-14/h2-9,11,13,20H,10,12H2,1H3. The third kappa shape index (κ3) is 3.11. The van der Waals surface area contributed by atoms with Crippen LogP contribution in [0.2, 0.25) is 5.02 Å². The van der Waals surface area contributed by atoms with Crippen molar-refractivity contribution in [2.75, 3.05) is 13.7 Å². The maximum absolute atomic E-state index is 13.2. The third-order valence-electron chi connectivity index (χ3n) is 4.75. The average molecular weight is 384 g/mol. The van der Waals surface area contributed by atoms with Gasteiger partial charge in [-0.2, -0.15) is 0 Å². The van der Waals surface area contributed by atoms with Crippen LogP contribution in [0.5, 0.6) is 5.75 Å². The number of ether oxygens (including phenoxy) is 1. The minimum atomic E-state index is -0.0862. The van der Waals surface area contributed by atoms with Gasteiger partial charge < -0.3 is 9.64 Å². The fourth-order valence-electron chi connectivity index (χ4n) is 3.44. The van der Waals surface area contributed by atoms with E-state index in [1.165, 1.54) is 10.4 Å². The molecule has 0 radical (unpaired) electrons. The molecule has 1 unspecified atom stereocenters. The summed E-state index contributed by atoms with van der Waals surface area (Å²) >= 11 is 7.82. The second-order valence-electron chi connectivity index (χ2n) is 6.23. The maximum Gasteiger partial charge on any atom is 0.254 e. The lowest BCUT2D eigenvalue weighted by molar-refractivity contribution is 0.0696. The molecule has 1 aliphatic rings. The second kappa shape index (κ2) is 7.14. The Balaban J connectivity index is 1.73. The van der Waals surface area contributed by atoms with E-state index in [2.05, 4.69) is 11.4 Å². The number of thiophene rings is 1. The number of amides is 1. The summed E-state index contributed by atoms with van der Waals surface area (Å²) < 4.78 is 5.20. The average Bonchev–Trinajstić information content (AvgIpc) is 3.16. The minimum absolute atomic E-state index is 0.0319. The van der Waals surface area contributed by atoms with Gasteiger partial charge in [-0.05, 0) is 65.4 Å². The van der Waals surface area contributed by atoms with Gasteiger partial charge in [0.2, 0.25) is 0 Å². The molecule has 4 rings (SSSR count). The smallest absolute Gasteiger partial charge is 0.254 e.